The zero-order chi connectivity index (χ0) is 23.1. The molecule has 9 nitrogen and oxygen atoms in total. The molecule has 2 aliphatic rings. The van der Waals surface area contributed by atoms with Crippen molar-refractivity contribution in [2.75, 3.05) is 29.5 Å². The Bertz CT molecular complexity index is 1270. The number of para-hydroxylation sites is 1. The number of aliphatic imine (C=N–C) groups is 1. The highest BCUT2D eigenvalue weighted by Gasteiger charge is 2.34. The highest BCUT2D eigenvalue weighted by molar-refractivity contribution is 8.15. The number of benzene rings is 1. The molecule has 32 heavy (non-hydrogen) atoms. The minimum absolute atomic E-state index is 0.0530. The molecule has 1 aromatic carbocycles. The molecule has 1 aromatic heterocycles. The van der Waals surface area contributed by atoms with E-state index in [1.807, 2.05) is 16.9 Å². The monoisotopic (exact) mass is 514 g/mol. The lowest BCUT2D eigenvalue weighted by Crippen LogP contribution is -2.32. The molecule has 0 saturated carbocycles. The number of hydrogen-bond donors (Lipinski definition) is 2. The Kier molecular flexibility index (Phi) is 6.27. The van der Waals surface area contributed by atoms with Gasteiger partial charge in [-0.05, 0) is 23.1 Å². The van der Waals surface area contributed by atoms with Crippen molar-refractivity contribution in [2.45, 2.75) is 28.3 Å². The van der Waals surface area contributed by atoms with Gasteiger partial charge in [-0.15, -0.1) is 23.1 Å². The Balaban J connectivity index is 1.46. The van der Waals surface area contributed by atoms with Crippen LogP contribution in [0.4, 0.5) is 11.4 Å². The van der Waals surface area contributed by atoms with Crippen LogP contribution in [0.2, 0.25) is 0 Å². The number of nitrogens with zero attached hydrogens (tertiary/aromatic N) is 2. The molecular weight excluding hydrogens is 493 g/mol. The topological polar surface area (TPSA) is 125 Å². The van der Waals surface area contributed by atoms with E-state index in [4.69, 9.17) is 0 Å². The third-order valence-electron chi connectivity index (χ3n) is 5.07. The van der Waals surface area contributed by atoms with Gasteiger partial charge in [-0.2, -0.15) is 0 Å². The summed E-state index contributed by atoms with van der Waals surface area (Å²) in [6, 6.07) is 8.71. The van der Waals surface area contributed by atoms with Crippen LogP contribution in [0.3, 0.4) is 0 Å². The highest BCUT2D eigenvalue weighted by atomic mass is 32.2. The van der Waals surface area contributed by atoms with Crippen molar-refractivity contribution in [1.82, 2.24) is 4.72 Å². The summed E-state index contributed by atoms with van der Waals surface area (Å²) in [5.41, 5.74) is 2.30. The number of thioether (sulfide) groups is 1. The quantitative estimate of drug-likeness (QED) is 0.578. The van der Waals surface area contributed by atoms with E-state index in [1.54, 1.807) is 23.6 Å². The molecular formula is C19H22N4O5S4. The van der Waals surface area contributed by atoms with Crippen molar-refractivity contribution in [3.8, 4) is 0 Å². The minimum atomic E-state index is -3.66. The van der Waals surface area contributed by atoms with Crippen molar-refractivity contribution in [1.29, 1.82) is 0 Å². The van der Waals surface area contributed by atoms with Crippen LogP contribution in [-0.4, -0.2) is 58.9 Å². The van der Waals surface area contributed by atoms with Gasteiger partial charge in [0.15, 0.2) is 0 Å². The van der Waals surface area contributed by atoms with E-state index in [-0.39, 0.29) is 21.9 Å². The number of carbonyl (C=O) groups excluding carboxylic acids is 1. The van der Waals surface area contributed by atoms with E-state index in [0.29, 0.717) is 18.7 Å². The summed E-state index contributed by atoms with van der Waals surface area (Å²) < 4.78 is 51.9. The van der Waals surface area contributed by atoms with Crippen LogP contribution >= 0.6 is 23.1 Å². The van der Waals surface area contributed by atoms with Crippen molar-refractivity contribution in [3.05, 3.63) is 41.3 Å². The molecule has 0 radical (unpaired) electrons. The predicted octanol–water partition coefficient (Wildman–Crippen LogP) is 1.89. The van der Waals surface area contributed by atoms with Gasteiger partial charge in [0.2, 0.25) is 15.9 Å². The zero-order valence-electron chi connectivity index (χ0n) is 17.3. The van der Waals surface area contributed by atoms with Crippen LogP contribution < -0.4 is 14.3 Å². The molecule has 0 bridgehead atoms. The zero-order valence-corrected chi connectivity index (χ0v) is 20.6. The number of anilines is 2. The first-order valence-electron chi connectivity index (χ1n) is 9.67. The molecule has 172 valence electrons. The van der Waals surface area contributed by atoms with Crippen molar-refractivity contribution >= 4 is 65.5 Å². The van der Waals surface area contributed by atoms with Gasteiger partial charge in [0.25, 0.3) is 10.0 Å². The van der Waals surface area contributed by atoms with Crippen LogP contribution in [0.1, 0.15) is 12.0 Å². The van der Waals surface area contributed by atoms with Crippen LogP contribution in [0.5, 0.6) is 0 Å². The standard InChI is InChI=1S/C19H22N4O5S4/c1-23(32(27,28)17-7-4-8-29-17)15-6-3-5-12-9-14(21-18(12)15)19-20-11-13(30-19)10-16(24)22-31(2,25)26/h3-8,13-14,21H,9-11H2,1-2H3,(H,22,24). The maximum atomic E-state index is 13.0. The van der Waals surface area contributed by atoms with E-state index in [9.17, 15) is 21.6 Å². The summed E-state index contributed by atoms with van der Waals surface area (Å²) in [5.74, 6) is -0.549. The third-order valence-corrected chi connectivity index (χ3v) is 10.1. The number of amides is 1. The lowest BCUT2D eigenvalue weighted by atomic mass is 10.1. The second-order valence-corrected chi connectivity index (χ2v) is 13.8. The summed E-state index contributed by atoms with van der Waals surface area (Å²) in [5, 5.41) is 5.82. The van der Waals surface area contributed by atoms with E-state index in [2.05, 4.69) is 10.3 Å². The van der Waals surface area contributed by atoms with Crippen LogP contribution in [0, 0.1) is 0 Å². The Morgan fingerprint density at radius 1 is 1.25 bits per heavy atom. The second-order valence-electron chi connectivity index (χ2n) is 7.54. The van der Waals surface area contributed by atoms with Crippen LogP contribution in [-0.2, 0) is 31.3 Å². The number of rotatable bonds is 7. The lowest BCUT2D eigenvalue weighted by molar-refractivity contribution is -0.119. The molecule has 0 aliphatic carbocycles. The second kappa shape index (κ2) is 8.69. The molecule has 4 rings (SSSR count). The fourth-order valence-corrected chi connectivity index (χ4v) is 7.69. The van der Waals surface area contributed by atoms with Gasteiger partial charge < -0.3 is 5.32 Å². The Morgan fingerprint density at radius 2 is 2.03 bits per heavy atom. The first kappa shape index (κ1) is 23.1. The van der Waals surface area contributed by atoms with Crippen molar-refractivity contribution in [3.63, 3.8) is 0 Å². The summed E-state index contributed by atoms with van der Waals surface area (Å²) >= 11 is 2.62. The summed E-state index contributed by atoms with van der Waals surface area (Å²) in [6.07, 6.45) is 1.64. The average Bonchev–Trinajstić information content (AvgIpc) is 3.44. The molecule has 0 spiro atoms. The van der Waals surface area contributed by atoms with Gasteiger partial charge in [0, 0.05) is 25.1 Å². The number of nitrogens with one attached hydrogen (secondary N) is 2. The van der Waals surface area contributed by atoms with Crippen molar-refractivity contribution in [2.24, 2.45) is 4.99 Å². The molecule has 2 aliphatic heterocycles. The Labute approximate surface area is 195 Å². The maximum Gasteiger partial charge on any atom is 0.273 e. The van der Waals surface area contributed by atoms with Crippen LogP contribution in [0.25, 0.3) is 0 Å². The fraction of sp³-hybridized carbons (Fsp3) is 0.368. The SMILES string of the molecule is CN(c1cccc2c1NC(C1=NCC(CC(=O)NS(C)(=O)=O)S1)C2)S(=O)(=O)c1cccs1. The van der Waals surface area contributed by atoms with Gasteiger partial charge in [0.05, 0.1) is 35.3 Å². The van der Waals surface area contributed by atoms with E-state index < -0.39 is 26.0 Å². The van der Waals surface area contributed by atoms with Gasteiger partial charge in [-0.3, -0.25) is 18.8 Å². The Hall–Kier alpha value is -2.09. The average molecular weight is 515 g/mol. The number of carbonyl (C=O) groups is 1. The van der Waals surface area contributed by atoms with E-state index in [0.717, 1.165) is 22.6 Å². The van der Waals surface area contributed by atoms with E-state index >= 15 is 0 Å². The first-order chi connectivity index (χ1) is 15.0. The molecule has 1 amide bonds. The normalized spacial score (nSPS) is 20.4. The molecule has 2 N–H and O–H groups in total. The minimum Gasteiger partial charge on any atom is -0.374 e. The number of sulfonamides is 2. The summed E-state index contributed by atoms with van der Waals surface area (Å²) in [6.45, 7) is 0.422. The largest absolute Gasteiger partial charge is 0.374 e. The lowest BCUT2D eigenvalue weighted by Gasteiger charge is -2.22. The molecule has 2 atom stereocenters. The van der Waals surface area contributed by atoms with Gasteiger partial charge in [-0.25, -0.2) is 16.8 Å². The number of hydrogen-bond acceptors (Lipinski definition) is 9. The van der Waals surface area contributed by atoms with Crippen LogP contribution in [0.15, 0.2) is 44.9 Å². The predicted molar refractivity (Wildman–Crippen MR) is 129 cm³/mol. The molecule has 3 heterocycles. The van der Waals surface area contributed by atoms with Gasteiger partial charge >= 0.3 is 0 Å². The fourth-order valence-electron chi connectivity index (χ4n) is 3.65. The van der Waals surface area contributed by atoms with Crippen molar-refractivity contribution < 1.29 is 21.6 Å². The van der Waals surface area contributed by atoms with Gasteiger partial charge in [-0.1, -0.05) is 18.2 Å². The molecule has 2 unspecified atom stereocenters. The highest BCUT2D eigenvalue weighted by Crippen LogP contribution is 2.40. The molecule has 2 aromatic rings. The first-order valence-corrected chi connectivity index (χ1v) is 14.8. The Morgan fingerprint density at radius 3 is 2.72 bits per heavy atom. The molecule has 13 heteroatoms. The van der Waals surface area contributed by atoms with Gasteiger partial charge in [0.1, 0.15) is 4.21 Å². The summed E-state index contributed by atoms with van der Waals surface area (Å²) in [7, 11) is -5.71. The number of thiophene rings is 1. The number of fused-ring (bicyclic) bond motifs is 1. The third kappa shape index (κ3) is 4.80. The summed E-state index contributed by atoms with van der Waals surface area (Å²) in [4.78, 5) is 16.5. The maximum absolute atomic E-state index is 13.0. The molecule has 0 saturated heterocycles. The molecule has 0 fully saturated rings. The smallest absolute Gasteiger partial charge is 0.273 e. The van der Waals surface area contributed by atoms with E-state index in [1.165, 1.54) is 34.5 Å².